The summed E-state index contributed by atoms with van der Waals surface area (Å²) in [7, 11) is 0. The molecule has 0 fully saturated rings. The Labute approximate surface area is 125 Å². The number of aryl methyl sites for hydroxylation is 1. The predicted octanol–water partition coefficient (Wildman–Crippen LogP) is 2.45. The Bertz CT molecular complexity index is 644. The van der Waals surface area contributed by atoms with Crippen LogP contribution in [0.4, 0.5) is 0 Å². The van der Waals surface area contributed by atoms with Crippen molar-refractivity contribution in [3.8, 4) is 0 Å². The normalized spacial score (nSPS) is 12.6. The molecular formula is C17H23N3O. The van der Waals surface area contributed by atoms with Gasteiger partial charge in [-0.3, -0.25) is 4.79 Å². The van der Waals surface area contributed by atoms with Crippen LogP contribution in [0.2, 0.25) is 0 Å². The molecular weight excluding hydrogens is 262 g/mol. The van der Waals surface area contributed by atoms with Gasteiger partial charge in [-0.1, -0.05) is 38.1 Å². The van der Waals surface area contributed by atoms with Gasteiger partial charge in [0.15, 0.2) is 0 Å². The summed E-state index contributed by atoms with van der Waals surface area (Å²) >= 11 is 0. The maximum absolute atomic E-state index is 11.8. The molecule has 0 bridgehead atoms. The predicted molar refractivity (Wildman–Crippen MR) is 85.1 cm³/mol. The molecule has 0 amide bonds. The van der Waals surface area contributed by atoms with E-state index >= 15 is 0 Å². The summed E-state index contributed by atoms with van der Waals surface area (Å²) < 4.78 is 1.43. The highest BCUT2D eigenvalue weighted by Crippen LogP contribution is 2.15. The van der Waals surface area contributed by atoms with Crippen molar-refractivity contribution in [3.63, 3.8) is 0 Å². The SMILES string of the molecule is Cc1ccc(=O)n(CC(N)c2ccc(CC(C)C)cc2)n1. The van der Waals surface area contributed by atoms with Crippen molar-refractivity contribution in [1.82, 2.24) is 9.78 Å². The van der Waals surface area contributed by atoms with Crippen molar-refractivity contribution < 1.29 is 0 Å². The molecule has 0 aliphatic rings. The quantitative estimate of drug-likeness (QED) is 0.918. The molecule has 0 radical (unpaired) electrons. The van der Waals surface area contributed by atoms with Crippen LogP contribution in [0, 0.1) is 12.8 Å². The van der Waals surface area contributed by atoms with Gasteiger partial charge in [-0.25, -0.2) is 4.68 Å². The summed E-state index contributed by atoms with van der Waals surface area (Å²) in [5, 5.41) is 4.22. The van der Waals surface area contributed by atoms with E-state index in [2.05, 4.69) is 31.1 Å². The van der Waals surface area contributed by atoms with Gasteiger partial charge >= 0.3 is 0 Å². The highest BCUT2D eigenvalue weighted by atomic mass is 16.1. The van der Waals surface area contributed by atoms with E-state index in [0.717, 1.165) is 17.7 Å². The molecule has 0 saturated carbocycles. The molecule has 0 saturated heterocycles. The Morgan fingerprint density at radius 1 is 1.14 bits per heavy atom. The second-order valence-electron chi connectivity index (χ2n) is 5.94. The van der Waals surface area contributed by atoms with Gasteiger partial charge < -0.3 is 5.73 Å². The standard InChI is InChI=1S/C17H23N3O/c1-12(2)10-14-5-7-15(8-6-14)16(18)11-20-17(21)9-4-13(3)19-20/h4-9,12,16H,10-11,18H2,1-3H3. The molecule has 2 aromatic rings. The van der Waals surface area contributed by atoms with Gasteiger partial charge in [0, 0.05) is 12.1 Å². The van der Waals surface area contributed by atoms with E-state index in [1.807, 2.05) is 19.1 Å². The van der Waals surface area contributed by atoms with Crippen LogP contribution in [0.15, 0.2) is 41.2 Å². The molecule has 0 aliphatic heterocycles. The molecule has 2 N–H and O–H groups in total. The van der Waals surface area contributed by atoms with Gasteiger partial charge in [-0.15, -0.1) is 0 Å². The fraction of sp³-hybridized carbons (Fsp3) is 0.412. The second kappa shape index (κ2) is 6.68. The van der Waals surface area contributed by atoms with Crippen LogP contribution in [-0.4, -0.2) is 9.78 Å². The molecule has 1 atom stereocenters. The van der Waals surface area contributed by atoms with Gasteiger partial charge in [0.05, 0.1) is 12.2 Å². The molecule has 1 heterocycles. The van der Waals surface area contributed by atoms with Crippen molar-refractivity contribution in [2.24, 2.45) is 11.7 Å². The molecule has 0 spiro atoms. The lowest BCUT2D eigenvalue weighted by atomic mass is 10.00. The topological polar surface area (TPSA) is 60.9 Å². The zero-order valence-corrected chi connectivity index (χ0v) is 12.9. The third-order valence-electron chi connectivity index (χ3n) is 3.42. The van der Waals surface area contributed by atoms with E-state index < -0.39 is 0 Å². The Hall–Kier alpha value is -1.94. The second-order valence-corrected chi connectivity index (χ2v) is 5.94. The fourth-order valence-corrected chi connectivity index (χ4v) is 2.35. The average Bonchev–Trinajstić information content (AvgIpc) is 2.43. The van der Waals surface area contributed by atoms with Crippen molar-refractivity contribution >= 4 is 0 Å². The van der Waals surface area contributed by atoms with E-state index in [-0.39, 0.29) is 11.6 Å². The first-order chi connectivity index (χ1) is 9.95. The average molecular weight is 285 g/mol. The van der Waals surface area contributed by atoms with Gasteiger partial charge in [0.2, 0.25) is 0 Å². The highest BCUT2D eigenvalue weighted by molar-refractivity contribution is 5.25. The Morgan fingerprint density at radius 3 is 2.43 bits per heavy atom. The van der Waals surface area contributed by atoms with E-state index in [1.54, 1.807) is 6.07 Å². The van der Waals surface area contributed by atoms with Gasteiger partial charge in [-0.2, -0.15) is 5.10 Å². The Kier molecular flexibility index (Phi) is 4.91. The summed E-state index contributed by atoms with van der Waals surface area (Å²) in [6, 6.07) is 11.3. The van der Waals surface area contributed by atoms with Crippen LogP contribution in [0.1, 0.15) is 36.7 Å². The van der Waals surface area contributed by atoms with Crippen LogP contribution in [0.5, 0.6) is 0 Å². The zero-order chi connectivity index (χ0) is 15.4. The van der Waals surface area contributed by atoms with Crippen LogP contribution < -0.4 is 11.3 Å². The summed E-state index contributed by atoms with van der Waals surface area (Å²) in [4.78, 5) is 11.8. The number of rotatable bonds is 5. The Morgan fingerprint density at radius 2 is 1.81 bits per heavy atom. The minimum Gasteiger partial charge on any atom is -0.322 e. The third kappa shape index (κ3) is 4.26. The molecule has 2 rings (SSSR count). The number of aromatic nitrogens is 2. The lowest BCUT2D eigenvalue weighted by Gasteiger charge is -2.14. The molecule has 4 nitrogen and oxygen atoms in total. The molecule has 4 heteroatoms. The number of hydrogen-bond acceptors (Lipinski definition) is 3. The molecule has 112 valence electrons. The summed E-state index contributed by atoms with van der Waals surface area (Å²) in [6.07, 6.45) is 1.06. The monoisotopic (exact) mass is 285 g/mol. The van der Waals surface area contributed by atoms with E-state index in [1.165, 1.54) is 16.3 Å². The first-order valence-electron chi connectivity index (χ1n) is 7.35. The van der Waals surface area contributed by atoms with Gasteiger partial charge in [-0.05, 0) is 36.5 Å². The zero-order valence-electron chi connectivity index (χ0n) is 12.9. The lowest BCUT2D eigenvalue weighted by molar-refractivity contribution is 0.499. The number of nitrogens with zero attached hydrogens (tertiary/aromatic N) is 2. The third-order valence-corrected chi connectivity index (χ3v) is 3.42. The van der Waals surface area contributed by atoms with Crippen LogP contribution in [-0.2, 0) is 13.0 Å². The maximum Gasteiger partial charge on any atom is 0.266 e. The summed E-state index contributed by atoms with van der Waals surface area (Å²) in [5.41, 5.74) is 9.23. The molecule has 1 aromatic heterocycles. The lowest BCUT2D eigenvalue weighted by Crippen LogP contribution is -2.28. The van der Waals surface area contributed by atoms with Crippen LogP contribution >= 0.6 is 0 Å². The number of hydrogen-bond donors (Lipinski definition) is 1. The first-order valence-corrected chi connectivity index (χ1v) is 7.35. The fourth-order valence-electron chi connectivity index (χ4n) is 2.35. The highest BCUT2D eigenvalue weighted by Gasteiger charge is 2.09. The number of benzene rings is 1. The largest absolute Gasteiger partial charge is 0.322 e. The van der Waals surface area contributed by atoms with Crippen molar-refractivity contribution in [2.45, 2.75) is 39.8 Å². The maximum atomic E-state index is 11.8. The first kappa shape index (κ1) is 15.4. The smallest absolute Gasteiger partial charge is 0.266 e. The molecule has 21 heavy (non-hydrogen) atoms. The van der Waals surface area contributed by atoms with E-state index in [9.17, 15) is 4.79 Å². The summed E-state index contributed by atoms with van der Waals surface area (Å²) in [5.74, 6) is 0.639. The minimum atomic E-state index is -0.231. The Balaban J connectivity index is 2.11. The van der Waals surface area contributed by atoms with Crippen molar-refractivity contribution in [2.75, 3.05) is 0 Å². The molecule has 0 aliphatic carbocycles. The van der Waals surface area contributed by atoms with Crippen LogP contribution in [0.25, 0.3) is 0 Å². The van der Waals surface area contributed by atoms with Crippen LogP contribution in [0.3, 0.4) is 0 Å². The summed E-state index contributed by atoms with van der Waals surface area (Å²) in [6.45, 7) is 6.66. The number of nitrogens with two attached hydrogens (primary N) is 1. The van der Waals surface area contributed by atoms with Gasteiger partial charge in [0.1, 0.15) is 0 Å². The van der Waals surface area contributed by atoms with Gasteiger partial charge in [0.25, 0.3) is 5.56 Å². The molecule has 1 aromatic carbocycles. The van der Waals surface area contributed by atoms with E-state index in [0.29, 0.717) is 12.5 Å². The van der Waals surface area contributed by atoms with Crippen molar-refractivity contribution in [1.29, 1.82) is 0 Å². The van der Waals surface area contributed by atoms with E-state index in [4.69, 9.17) is 5.73 Å². The molecule has 1 unspecified atom stereocenters. The minimum absolute atomic E-state index is 0.118. The van der Waals surface area contributed by atoms with Crippen molar-refractivity contribution in [3.05, 3.63) is 63.6 Å².